The van der Waals surface area contributed by atoms with Gasteiger partial charge in [0.1, 0.15) is 5.82 Å². The first-order valence-electron chi connectivity index (χ1n) is 6.66. The number of piperidine rings is 1. The molecule has 3 heterocycles. The van der Waals surface area contributed by atoms with Crippen LogP contribution in [-0.4, -0.2) is 38.7 Å². The van der Waals surface area contributed by atoms with Gasteiger partial charge in [0, 0.05) is 20.0 Å². The zero-order valence-electron chi connectivity index (χ0n) is 10.7. The largest absolute Gasteiger partial charge is 0.334 e. The van der Waals surface area contributed by atoms with Crippen LogP contribution in [-0.2, 0) is 17.9 Å². The highest BCUT2D eigenvalue weighted by atomic mass is 16.2. The maximum Gasteiger partial charge on any atom is 0.219 e. The number of rotatable bonds is 1. The number of carbonyl (C=O) groups excluding carboxylic acids is 1. The van der Waals surface area contributed by atoms with E-state index in [4.69, 9.17) is 0 Å². The van der Waals surface area contributed by atoms with Crippen LogP contribution >= 0.6 is 0 Å². The Bertz CT molecular complexity index is 449. The van der Waals surface area contributed by atoms with Gasteiger partial charge in [0.2, 0.25) is 5.91 Å². The van der Waals surface area contributed by atoms with Crippen LogP contribution in [0, 0.1) is 0 Å². The van der Waals surface area contributed by atoms with Gasteiger partial charge in [-0.1, -0.05) is 6.42 Å². The fourth-order valence-corrected chi connectivity index (χ4v) is 2.78. The number of amides is 1. The van der Waals surface area contributed by atoms with E-state index in [1.54, 1.807) is 6.92 Å². The molecule has 1 aromatic rings. The molecular formula is C12H19N5O. The molecule has 2 aliphatic rings. The standard InChI is InChI=1S/C12H19N5O/c1-9(18)16-6-7-17-11(8-16)14-15-12(17)10-4-2-3-5-13-10/h10,13H,2-8H2,1H3. The lowest BCUT2D eigenvalue weighted by atomic mass is 10.0. The van der Waals surface area contributed by atoms with Crippen LogP contribution < -0.4 is 5.32 Å². The van der Waals surface area contributed by atoms with Crippen LogP contribution in [0.5, 0.6) is 0 Å². The number of nitrogens with one attached hydrogen (secondary N) is 1. The van der Waals surface area contributed by atoms with Gasteiger partial charge in [-0.2, -0.15) is 0 Å². The molecule has 1 atom stereocenters. The van der Waals surface area contributed by atoms with Crippen molar-refractivity contribution in [2.24, 2.45) is 0 Å². The van der Waals surface area contributed by atoms with E-state index in [2.05, 4.69) is 20.1 Å². The number of carbonyl (C=O) groups is 1. The molecule has 1 aromatic heterocycles. The average Bonchev–Trinajstić information content (AvgIpc) is 2.82. The van der Waals surface area contributed by atoms with Crippen molar-refractivity contribution in [3.05, 3.63) is 11.6 Å². The average molecular weight is 249 g/mol. The van der Waals surface area contributed by atoms with Gasteiger partial charge in [-0.05, 0) is 19.4 Å². The van der Waals surface area contributed by atoms with Gasteiger partial charge < -0.3 is 14.8 Å². The van der Waals surface area contributed by atoms with Gasteiger partial charge in [-0.15, -0.1) is 10.2 Å². The van der Waals surface area contributed by atoms with Gasteiger partial charge in [-0.25, -0.2) is 0 Å². The van der Waals surface area contributed by atoms with Crippen LogP contribution in [0.2, 0.25) is 0 Å². The lowest BCUT2D eigenvalue weighted by molar-refractivity contribution is -0.130. The van der Waals surface area contributed by atoms with E-state index in [1.165, 1.54) is 12.8 Å². The Hall–Kier alpha value is -1.43. The Morgan fingerprint density at radius 3 is 2.94 bits per heavy atom. The molecule has 1 saturated heterocycles. The van der Waals surface area contributed by atoms with E-state index < -0.39 is 0 Å². The lowest BCUT2D eigenvalue weighted by Gasteiger charge is -2.29. The van der Waals surface area contributed by atoms with Crippen LogP contribution in [0.25, 0.3) is 0 Å². The normalized spacial score (nSPS) is 23.8. The number of fused-ring (bicyclic) bond motifs is 1. The smallest absolute Gasteiger partial charge is 0.219 e. The Balaban J connectivity index is 1.81. The predicted octanol–water partition coefficient (Wildman–Crippen LogP) is 0.455. The molecule has 0 bridgehead atoms. The van der Waals surface area contributed by atoms with Crippen LogP contribution in [0.15, 0.2) is 0 Å². The second-order valence-electron chi connectivity index (χ2n) is 5.07. The van der Waals surface area contributed by atoms with Gasteiger partial charge in [0.05, 0.1) is 12.6 Å². The zero-order chi connectivity index (χ0) is 12.5. The fourth-order valence-electron chi connectivity index (χ4n) is 2.78. The molecule has 6 heteroatoms. The third-order valence-corrected chi connectivity index (χ3v) is 3.85. The van der Waals surface area contributed by atoms with E-state index in [0.717, 1.165) is 37.7 Å². The number of hydrogen-bond donors (Lipinski definition) is 1. The van der Waals surface area contributed by atoms with Gasteiger partial charge in [-0.3, -0.25) is 4.79 Å². The summed E-state index contributed by atoms with van der Waals surface area (Å²) in [6, 6.07) is 0.337. The van der Waals surface area contributed by atoms with Gasteiger partial charge in [0.25, 0.3) is 0 Å². The summed E-state index contributed by atoms with van der Waals surface area (Å²) < 4.78 is 2.18. The SMILES string of the molecule is CC(=O)N1CCn2c(nnc2C2CCCCN2)C1. The third kappa shape index (κ3) is 2.01. The second kappa shape index (κ2) is 4.68. The molecule has 0 aliphatic carbocycles. The second-order valence-corrected chi connectivity index (χ2v) is 5.07. The lowest BCUT2D eigenvalue weighted by Crippen LogP contribution is -2.38. The maximum atomic E-state index is 11.4. The molecule has 3 rings (SSSR count). The first-order valence-corrected chi connectivity index (χ1v) is 6.66. The van der Waals surface area contributed by atoms with Crippen molar-refractivity contribution in [3.8, 4) is 0 Å². The maximum absolute atomic E-state index is 11.4. The molecule has 18 heavy (non-hydrogen) atoms. The monoisotopic (exact) mass is 249 g/mol. The predicted molar refractivity (Wildman–Crippen MR) is 65.7 cm³/mol. The first kappa shape index (κ1) is 11.6. The first-order chi connectivity index (χ1) is 8.75. The van der Waals surface area contributed by atoms with Crippen molar-refractivity contribution in [2.45, 2.75) is 45.3 Å². The topological polar surface area (TPSA) is 63.1 Å². The highest BCUT2D eigenvalue weighted by Crippen LogP contribution is 2.23. The Morgan fingerprint density at radius 2 is 2.22 bits per heavy atom. The Labute approximate surface area is 106 Å². The summed E-state index contributed by atoms with van der Waals surface area (Å²) in [6.45, 7) is 4.84. The Morgan fingerprint density at radius 1 is 1.33 bits per heavy atom. The zero-order valence-corrected chi connectivity index (χ0v) is 10.7. The summed E-state index contributed by atoms with van der Waals surface area (Å²) in [5, 5.41) is 12.1. The third-order valence-electron chi connectivity index (χ3n) is 3.85. The Kier molecular flexibility index (Phi) is 3.03. The van der Waals surface area contributed by atoms with E-state index in [-0.39, 0.29) is 5.91 Å². The van der Waals surface area contributed by atoms with Crippen molar-refractivity contribution in [1.29, 1.82) is 0 Å². The minimum atomic E-state index is 0.113. The van der Waals surface area contributed by atoms with Crippen LogP contribution in [0.1, 0.15) is 43.9 Å². The molecule has 0 radical (unpaired) electrons. The molecule has 1 unspecified atom stereocenters. The number of hydrogen-bond acceptors (Lipinski definition) is 4. The van der Waals surface area contributed by atoms with E-state index in [1.807, 2.05) is 4.90 Å². The number of nitrogens with zero attached hydrogens (tertiary/aromatic N) is 4. The van der Waals surface area contributed by atoms with Crippen LogP contribution in [0.3, 0.4) is 0 Å². The molecule has 98 valence electrons. The van der Waals surface area contributed by atoms with Crippen molar-refractivity contribution in [3.63, 3.8) is 0 Å². The van der Waals surface area contributed by atoms with Crippen molar-refractivity contribution < 1.29 is 4.79 Å². The summed E-state index contributed by atoms with van der Waals surface area (Å²) in [6.07, 6.45) is 3.63. The molecule has 6 nitrogen and oxygen atoms in total. The molecule has 2 aliphatic heterocycles. The summed E-state index contributed by atoms with van der Waals surface area (Å²) in [5.74, 6) is 2.08. The highest BCUT2D eigenvalue weighted by Gasteiger charge is 2.27. The number of aromatic nitrogens is 3. The summed E-state index contributed by atoms with van der Waals surface area (Å²) >= 11 is 0. The van der Waals surface area contributed by atoms with E-state index in [9.17, 15) is 4.79 Å². The van der Waals surface area contributed by atoms with E-state index in [0.29, 0.717) is 12.6 Å². The van der Waals surface area contributed by atoms with E-state index >= 15 is 0 Å². The molecule has 0 saturated carbocycles. The van der Waals surface area contributed by atoms with Crippen molar-refractivity contribution >= 4 is 5.91 Å². The van der Waals surface area contributed by atoms with Gasteiger partial charge >= 0.3 is 0 Å². The molecule has 1 amide bonds. The van der Waals surface area contributed by atoms with Crippen molar-refractivity contribution in [1.82, 2.24) is 25.0 Å². The van der Waals surface area contributed by atoms with Crippen molar-refractivity contribution in [2.75, 3.05) is 13.1 Å². The minimum absolute atomic E-state index is 0.113. The molecular weight excluding hydrogens is 230 g/mol. The highest BCUT2D eigenvalue weighted by molar-refractivity contribution is 5.73. The molecule has 0 aromatic carbocycles. The molecule has 0 spiro atoms. The summed E-state index contributed by atoms with van der Waals surface area (Å²) in [5.41, 5.74) is 0. The fraction of sp³-hybridized carbons (Fsp3) is 0.750. The summed E-state index contributed by atoms with van der Waals surface area (Å²) in [7, 11) is 0. The van der Waals surface area contributed by atoms with Gasteiger partial charge in [0.15, 0.2) is 5.82 Å². The molecule has 1 N–H and O–H groups in total. The summed E-state index contributed by atoms with van der Waals surface area (Å²) in [4.78, 5) is 13.2. The van der Waals surface area contributed by atoms with Crippen LogP contribution in [0.4, 0.5) is 0 Å². The quantitative estimate of drug-likeness (QED) is 0.785. The molecule has 1 fully saturated rings. The minimum Gasteiger partial charge on any atom is -0.334 e.